The number of carbonyl (C=O) groups excluding carboxylic acids is 1. The molecular formula is C11H16BrClN2O. The highest BCUT2D eigenvalue weighted by Gasteiger charge is 2.15. The SMILES string of the molecule is CC(CN)N(C)C(=O)c1cccc(Br)c1.Cl. The molecule has 2 N–H and O–H groups in total. The lowest BCUT2D eigenvalue weighted by molar-refractivity contribution is 0.0748. The first kappa shape index (κ1) is 15.4. The molecule has 0 fully saturated rings. The van der Waals surface area contributed by atoms with E-state index in [1.165, 1.54) is 0 Å². The second kappa shape index (κ2) is 6.89. The molecule has 0 saturated carbocycles. The Kier molecular flexibility index (Phi) is 6.64. The van der Waals surface area contributed by atoms with E-state index in [-0.39, 0.29) is 24.4 Å². The van der Waals surface area contributed by atoms with Crippen molar-refractivity contribution >= 4 is 34.2 Å². The molecule has 0 aliphatic carbocycles. The third kappa shape index (κ3) is 3.77. The van der Waals surface area contributed by atoms with Crippen LogP contribution in [-0.4, -0.2) is 30.4 Å². The molecule has 1 unspecified atom stereocenters. The molecule has 0 aliphatic rings. The fraction of sp³-hybridized carbons (Fsp3) is 0.364. The summed E-state index contributed by atoms with van der Waals surface area (Å²) in [5.74, 6) is -0.00532. The number of benzene rings is 1. The highest BCUT2D eigenvalue weighted by atomic mass is 79.9. The van der Waals surface area contributed by atoms with E-state index in [0.717, 1.165) is 4.47 Å². The maximum atomic E-state index is 11.9. The Hall–Kier alpha value is -0.580. The summed E-state index contributed by atoms with van der Waals surface area (Å²) in [7, 11) is 1.76. The zero-order valence-electron chi connectivity index (χ0n) is 9.31. The number of nitrogens with two attached hydrogens (primary N) is 1. The molecule has 16 heavy (non-hydrogen) atoms. The Morgan fingerprint density at radius 3 is 2.69 bits per heavy atom. The summed E-state index contributed by atoms with van der Waals surface area (Å²) in [5.41, 5.74) is 6.19. The average molecular weight is 308 g/mol. The van der Waals surface area contributed by atoms with Gasteiger partial charge in [-0.05, 0) is 25.1 Å². The van der Waals surface area contributed by atoms with Gasteiger partial charge in [0.15, 0.2) is 0 Å². The minimum absolute atomic E-state index is 0. The minimum atomic E-state index is -0.00532. The predicted molar refractivity (Wildman–Crippen MR) is 72.0 cm³/mol. The Morgan fingerprint density at radius 2 is 2.19 bits per heavy atom. The molecule has 1 aromatic rings. The van der Waals surface area contributed by atoms with Crippen LogP contribution < -0.4 is 5.73 Å². The number of carbonyl (C=O) groups is 1. The van der Waals surface area contributed by atoms with Crippen molar-refractivity contribution in [2.45, 2.75) is 13.0 Å². The molecule has 0 saturated heterocycles. The third-order valence-corrected chi connectivity index (χ3v) is 2.89. The quantitative estimate of drug-likeness (QED) is 0.931. The van der Waals surface area contributed by atoms with Crippen molar-refractivity contribution in [1.29, 1.82) is 0 Å². The monoisotopic (exact) mass is 306 g/mol. The number of hydrogen-bond donors (Lipinski definition) is 1. The van der Waals surface area contributed by atoms with Gasteiger partial charge in [0.05, 0.1) is 0 Å². The number of nitrogens with zero attached hydrogens (tertiary/aromatic N) is 1. The van der Waals surface area contributed by atoms with Crippen molar-refractivity contribution in [2.75, 3.05) is 13.6 Å². The minimum Gasteiger partial charge on any atom is -0.338 e. The van der Waals surface area contributed by atoms with Gasteiger partial charge in [0.25, 0.3) is 5.91 Å². The van der Waals surface area contributed by atoms with Gasteiger partial charge in [-0.1, -0.05) is 22.0 Å². The van der Waals surface area contributed by atoms with Crippen LogP contribution in [0.15, 0.2) is 28.7 Å². The second-order valence-corrected chi connectivity index (χ2v) is 4.43. The summed E-state index contributed by atoms with van der Waals surface area (Å²) >= 11 is 3.34. The summed E-state index contributed by atoms with van der Waals surface area (Å²) in [6, 6.07) is 7.40. The van der Waals surface area contributed by atoms with E-state index >= 15 is 0 Å². The standard InChI is InChI=1S/C11H15BrN2O.ClH/c1-8(7-13)14(2)11(15)9-4-3-5-10(12)6-9;/h3-6,8H,7,13H2,1-2H3;1H. The van der Waals surface area contributed by atoms with Gasteiger partial charge in [0, 0.05) is 29.7 Å². The number of halogens is 2. The van der Waals surface area contributed by atoms with Crippen molar-refractivity contribution in [3.63, 3.8) is 0 Å². The molecule has 0 radical (unpaired) electrons. The van der Waals surface area contributed by atoms with Crippen molar-refractivity contribution in [3.8, 4) is 0 Å². The van der Waals surface area contributed by atoms with Crippen molar-refractivity contribution < 1.29 is 4.79 Å². The molecule has 0 spiro atoms. The lowest BCUT2D eigenvalue weighted by Gasteiger charge is -2.23. The second-order valence-electron chi connectivity index (χ2n) is 3.51. The van der Waals surface area contributed by atoms with E-state index in [1.54, 1.807) is 18.0 Å². The van der Waals surface area contributed by atoms with Crippen molar-refractivity contribution in [3.05, 3.63) is 34.3 Å². The molecule has 0 bridgehead atoms. The van der Waals surface area contributed by atoms with Crippen LogP contribution in [0.5, 0.6) is 0 Å². The molecule has 1 aromatic carbocycles. The van der Waals surface area contributed by atoms with Crippen molar-refractivity contribution in [1.82, 2.24) is 4.90 Å². The van der Waals surface area contributed by atoms with Gasteiger partial charge in [-0.3, -0.25) is 4.79 Å². The van der Waals surface area contributed by atoms with E-state index in [0.29, 0.717) is 12.1 Å². The van der Waals surface area contributed by atoms with Gasteiger partial charge < -0.3 is 10.6 Å². The Balaban J connectivity index is 0.00000225. The third-order valence-electron chi connectivity index (χ3n) is 2.39. The van der Waals surface area contributed by atoms with E-state index in [4.69, 9.17) is 5.73 Å². The van der Waals surface area contributed by atoms with Gasteiger partial charge in [-0.25, -0.2) is 0 Å². The molecule has 90 valence electrons. The highest BCUT2D eigenvalue weighted by molar-refractivity contribution is 9.10. The molecule has 3 nitrogen and oxygen atoms in total. The summed E-state index contributed by atoms with van der Waals surface area (Å²) in [6.45, 7) is 2.39. The smallest absolute Gasteiger partial charge is 0.253 e. The molecule has 5 heteroatoms. The van der Waals surface area contributed by atoms with E-state index in [9.17, 15) is 4.79 Å². The van der Waals surface area contributed by atoms with Gasteiger partial charge >= 0.3 is 0 Å². The molecular weight excluding hydrogens is 291 g/mol. The van der Waals surface area contributed by atoms with Gasteiger partial charge in [-0.15, -0.1) is 12.4 Å². The van der Waals surface area contributed by atoms with E-state index in [1.807, 2.05) is 25.1 Å². The number of hydrogen-bond acceptors (Lipinski definition) is 2. The molecule has 0 aromatic heterocycles. The number of rotatable bonds is 3. The zero-order valence-corrected chi connectivity index (χ0v) is 11.7. The predicted octanol–water partition coefficient (Wildman–Crippen LogP) is 2.29. The maximum Gasteiger partial charge on any atom is 0.253 e. The molecule has 0 aliphatic heterocycles. The topological polar surface area (TPSA) is 46.3 Å². The van der Waals surface area contributed by atoms with Gasteiger partial charge in [0.1, 0.15) is 0 Å². The van der Waals surface area contributed by atoms with Crippen LogP contribution >= 0.6 is 28.3 Å². The Morgan fingerprint density at radius 1 is 1.56 bits per heavy atom. The number of likely N-dealkylation sites (N-methyl/N-ethyl adjacent to an activating group) is 1. The van der Waals surface area contributed by atoms with Gasteiger partial charge in [-0.2, -0.15) is 0 Å². The van der Waals surface area contributed by atoms with Crippen LogP contribution in [0.25, 0.3) is 0 Å². The van der Waals surface area contributed by atoms with Gasteiger partial charge in [0.2, 0.25) is 0 Å². The first-order valence-corrected chi connectivity index (χ1v) is 5.58. The Bertz CT molecular complexity index is 360. The van der Waals surface area contributed by atoms with Crippen LogP contribution in [0, 0.1) is 0 Å². The summed E-state index contributed by atoms with van der Waals surface area (Å²) in [6.07, 6.45) is 0. The van der Waals surface area contributed by atoms with Crippen LogP contribution in [0.2, 0.25) is 0 Å². The van der Waals surface area contributed by atoms with Crippen LogP contribution in [0.1, 0.15) is 17.3 Å². The normalized spacial score (nSPS) is 11.5. The maximum absolute atomic E-state index is 11.9. The molecule has 1 rings (SSSR count). The fourth-order valence-corrected chi connectivity index (χ4v) is 1.58. The summed E-state index contributed by atoms with van der Waals surface area (Å²) < 4.78 is 0.905. The lowest BCUT2D eigenvalue weighted by Crippen LogP contribution is -2.39. The van der Waals surface area contributed by atoms with E-state index in [2.05, 4.69) is 15.9 Å². The molecule has 1 atom stereocenters. The van der Waals surface area contributed by atoms with Crippen LogP contribution in [-0.2, 0) is 0 Å². The molecule has 0 heterocycles. The fourth-order valence-electron chi connectivity index (χ4n) is 1.18. The first-order chi connectivity index (χ1) is 7.06. The largest absolute Gasteiger partial charge is 0.338 e. The van der Waals surface area contributed by atoms with E-state index < -0.39 is 0 Å². The Labute approximate surface area is 111 Å². The first-order valence-electron chi connectivity index (χ1n) is 4.79. The average Bonchev–Trinajstić information content (AvgIpc) is 2.26. The summed E-state index contributed by atoms with van der Waals surface area (Å²) in [4.78, 5) is 13.6. The lowest BCUT2D eigenvalue weighted by atomic mass is 10.2. The molecule has 1 amide bonds. The number of amides is 1. The zero-order chi connectivity index (χ0) is 11.4. The summed E-state index contributed by atoms with van der Waals surface area (Å²) in [5, 5.41) is 0. The van der Waals surface area contributed by atoms with Crippen LogP contribution in [0.4, 0.5) is 0 Å². The van der Waals surface area contributed by atoms with Crippen molar-refractivity contribution in [2.24, 2.45) is 5.73 Å². The van der Waals surface area contributed by atoms with Crippen LogP contribution in [0.3, 0.4) is 0 Å². The highest BCUT2D eigenvalue weighted by Crippen LogP contribution is 2.13.